The van der Waals surface area contributed by atoms with Gasteiger partial charge in [-0.25, -0.2) is 0 Å². The molecular weight excluding hydrogens is 344 g/mol. The third-order valence-electron chi connectivity index (χ3n) is 9.91. The first-order chi connectivity index (χ1) is 13.3. The maximum Gasteiger partial charge on any atom is 0.155 e. The average molecular weight is 385 g/mol. The molecule has 0 saturated heterocycles. The quantitative estimate of drug-likeness (QED) is 0.459. The second-order valence-corrected chi connectivity index (χ2v) is 11.1. The van der Waals surface area contributed by atoms with E-state index in [0.29, 0.717) is 23.2 Å². The fourth-order valence-electron chi connectivity index (χ4n) is 8.29. The summed E-state index contributed by atoms with van der Waals surface area (Å²) in [7, 11) is 0. The van der Waals surface area contributed by atoms with Gasteiger partial charge in [-0.05, 0) is 104 Å². The second-order valence-electron chi connectivity index (χ2n) is 11.1. The van der Waals surface area contributed by atoms with Crippen molar-refractivity contribution in [1.82, 2.24) is 0 Å². The number of aliphatic hydroxyl groups is 1. The van der Waals surface area contributed by atoms with Crippen LogP contribution in [0.25, 0.3) is 0 Å². The van der Waals surface area contributed by atoms with E-state index >= 15 is 0 Å². The molecule has 4 aliphatic carbocycles. The van der Waals surface area contributed by atoms with Gasteiger partial charge in [-0.2, -0.15) is 0 Å². The Morgan fingerprint density at radius 1 is 1.25 bits per heavy atom. The van der Waals surface area contributed by atoms with Crippen molar-refractivity contribution in [3.63, 3.8) is 0 Å². The van der Waals surface area contributed by atoms with Gasteiger partial charge in [0.2, 0.25) is 0 Å². The van der Waals surface area contributed by atoms with Crippen LogP contribution in [0.5, 0.6) is 0 Å². The molecule has 0 aromatic heterocycles. The molecule has 0 amide bonds. The largest absolute Gasteiger partial charge is 0.393 e. The van der Waals surface area contributed by atoms with Gasteiger partial charge in [0.15, 0.2) is 5.78 Å². The van der Waals surface area contributed by atoms with E-state index in [1.807, 2.05) is 0 Å². The Bertz CT molecular complexity index is 663. The van der Waals surface area contributed by atoms with Crippen molar-refractivity contribution >= 4 is 5.78 Å². The zero-order chi connectivity index (χ0) is 20.1. The van der Waals surface area contributed by atoms with Gasteiger partial charge in [0.25, 0.3) is 0 Å². The Labute approximate surface area is 171 Å². The van der Waals surface area contributed by atoms with Gasteiger partial charge in [-0.3, -0.25) is 4.79 Å². The van der Waals surface area contributed by atoms with Crippen LogP contribution in [0.4, 0.5) is 0 Å². The van der Waals surface area contributed by atoms with Crippen LogP contribution < -0.4 is 0 Å². The van der Waals surface area contributed by atoms with Gasteiger partial charge in [0.1, 0.15) is 0 Å². The Morgan fingerprint density at radius 2 is 2.04 bits per heavy atom. The lowest BCUT2D eigenvalue weighted by Crippen LogP contribution is -2.50. The lowest BCUT2D eigenvalue weighted by atomic mass is 9.47. The number of aliphatic hydroxyl groups excluding tert-OH is 1. The highest BCUT2D eigenvalue weighted by atomic mass is 16.3. The Kier molecular flexibility index (Phi) is 5.40. The molecule has 2 heteroatoms. The summed E-state index contributed by atoms with van der Waals surface area (Å²) in [5.74, 6) is 4.08. The summed E-state index contributed by atoms with van der Waals surface area (Å²) in [6.07, 6.45) is 15.3. The van der Waals surface area contributed by atoms with E-state index in [9.17, 15) is 9.90 Å². The molecule has 156 valence electrons. The first-order valence-electron chi connectivity index (χ1n) is 11.8. The number of ketones is 1. The molecule has 1 N–H and O–H groups in total. The van der Waals surface area contributed by atoms with Gasteiger partial charge in [0.05, 0.1) is 6.10 Å². The number of hydrogen-bond donors (Lipinski definition) is 1. The van der Waals surface area contributed by atoms with Crippen LogP contribution >= 0.6 is 0 Å². The highest BCUT2D eigenvalue weighted by molar-refractivity contribution is 5.88. The number of carbonyl (C=O) groups excluding carboxylic acids is 1. The molecule has 3 saturated carbocycles. The fourth-order valence-corrected chi connectivity index (χ4v) is 8.29. The Hall–Kier alpha value is -0.890. The lowest BCUT2D eigenvalue weighted by molar-refractivity contribution is -0.115. The SMILES string of the molecule is C=CC(=O)CC[C@@H](C)[C@H]1CC[C@H]2[C@@H]3CC=C4C[C@@H](O)CC[C@]4(C)[C@H]3CC[C@]12C. The number of allylic oxidation sites excluding steroid dienone is 2. The number of hydrogen-bond acceptors (Lipinski definition) is 2. The van der Waals surface area contributed by atoms with E-state index in [0.717, 1.165) is 42.9 Å². The van der Waals surface area contributed by atoms with E-state index in [1.54, 1.807) is 5.57 Å². The first kappa shape index (κ1) is 20.4. The maximum atomic E-state index is 11.7. The topological polar surface area (TPSA) is 37.3 Å². The lowest BCUT2D eigenvalue weighted by Gasteiger charge is -2.58. The van der Waals surface area contributed by atoms with E-state index in [-0.39, 0.29) is 11.9 Å². The summed E-state index contributed by atoms with van der Waals surface area (Å²) < 4.78 is 0. The first-order valence-corrected chi connectivity index (χ1v) is 11.8. The summed E-state index contributed by atoms with van der Waals surface area (Å²) >= 11 is 0. The minimum Gasteiger partial charge on any atom is -0.393 e. The van der Waals surface area contributed by atoms with Crippen molar-refractivity contribution < 1.29 is 9.90 Å². The van der Waals surface area contributed by atoms with Crippen LogP contribution in [0.1, 0.15) is 85.0 Å². The van der Waals surface area contributed by atoms with Gasteiger partial charge < -0.3 is 5.11 Å². The molecule has 4 rings (SSSR count). The number of carbonyl (C=O) groups is 1. The summed E-state index contributed by atoms with van der Waals surface area (Å²) in [6.45, 7) is 11.1. The highest BCUT2D eigenvalue weighted by Crippen LogP contribution is 2.67. The average Bonchev–Trinajstić information content (AvgIpc) is 3.03. The summed E-state index contributed by atoms with van der Waals surface area (Å²) in [5, 5.41) is 10.2. The normalized spacial score (nSPS) is 46.0. The molecule has 0 aromatic carbocycles. The predicted molar refractivity (Wildman–Crippen MR) is 115 cm³/mol. The van der Waals surface area contributed by atoms with Gasteiger partial charge in [0, 0.05) is 6.42 Å². The molecule has 2 nitrogen and oxygen atoms in total. The Morgan fingerprint density at radius 3 is 2.79 bits per heavy atom. The highest BCUT2D eigenvalue weighted by Gasteiger charge is 2.59. The molecule has 28 heavy (non-hydrogen) atoms. The zero-order valence-corrected chi connectivity index (χ0v) is 18.3. The molecule has 0 bridgehead atoms. The molecule has 0 aliphatic heterocycles. The molecule has 0 heterocycles. The summed E-state index contributed by atoms with van der Waals surface area (Å²) in [5.41, 5.74) is 2.36. The standard InChI is InChI=1S/C26H40O2/c1-5-19(27)8-6-17(2)22-10-11-23-21-9-7-18-16-20(28)12-14-25(18,3)24(21)13-15-26(22,23)4/h5,7,17,20-24,28H,1,6,8-16H2,2-4H3/t17-,20+,21+,22-,23+,24+,25+,26-/m1/s1. The summed E-state index contributed by atoms with van der Waals surface area (Å²) in [4.78, 5) is 11.7. The van der Waals surface area contributed by atoms with Gasteiger partial charge in [-0.15, -0.1) is 0 Å². The number of fused-ring (bicyclic) bond motifs is 5. The van der Waals surface area contributed by atoms with Crippen LogP contribution in [0.3, 0.4) is 0 Å². The van der Waals surface area contributed by atoms with Crippen LogP contribution in [-0.4, -0.2) is 17.0 Å². The molecule has 0 unspecified atom stereocenters. The van der Waals surface area contributed by atoms with E-state index in [2.05, 4.69) is 33.4 Å². The number of rotatable bonds is 5. The van der Waals surface area contributed by atoms with Crippen molar-refractivity contribution in [3.05, 3.63) is 24.3 Å². The van der Waals surface area contributed by atoms with E-state index in [4.69, 9.17) is 0 Å². The van der Waals surface area contributed by atoms with Crippen LogP contribution in [0.2, 0.25) is 0 Å². The molecule has 0 radical (unpaired) electrons. The van der Waals surface area contributed by atoms with Crippen LogP contribution in [-0.2, 0) is 4.79 Å². The molecule has 8 atom stereocenters. The monoisotopic (exact) mass is 384 g/mol. The molecular formula is C26H40O2. The van der Waals surface area contributed by atoms with Crippen LogP contribution in [0, 0.1) is 40.4 Å². The minimum absolute atomic E-state index is 0.111. The second kappa shape index (κ2) is 7.42. The van der Waals surface area contributed by atoms with Crippen molar-refractivity contribution in [3.8, 4) is 0 Å². The smallest absolute Gasteiger partial charge is 0.155 e. The summed E-state index contributed by atoms with van der Waals surface area (Å²) in [6, 6.07) is 0. The predicted octanol–water partition coefficient (Wildman–Crippen LogP) is 6.10. The van der Waals surface area contributed by atoms with Gasteiger partial charge in [-0.1, -0.05) is 39.0 Å². The minimum atomic E-state index is -0.111. The van der Waals surface area contributed by atoms with Crippen LogP contribution in [0.15, 0.2) is 24.3 Å². The van der Waals surface area contributed by atoms with Crippen molar-refractivity contribution in [2.75, 3.05) is 0 Å². The molecule has 0 spiro atoms. The van der Waals surface area contributed by atoms with E-state index < -0.39 is 0 Å². The van der Waals surface area contributed by atoms with Crippen molar-refractivity contribution in [2.45, 2.75) is 91.1 Å². The van der Waals surface area contributed by atoms with Crippen molar-refractivity contribution in [1.29, 1.82) is 0 Å². The maximum absolute atomic E-state index is 11.7. The third-order valence-corrected chi connectivity index (χ3v) is 9.91. The van der Waals surface area contributed by atoms with Crippen molar-refractivity contribution in [2.24, 2.45) is 40.4 Å². The molecule has 0 aromatic rings. The third kappa shape index (κ3) is 3.15. The Balaban J connectivity index is 1.52. The van der Waals surface area contributed by atoms with Gasteiger partial charge >= 0.3 is 0 Å². The molecule has 4 aliphatic rings. The zero-order valence-electron chi connectivity index (χ0n) is 18.3. The fraction of sp³-hybridized carbons (Fsp3) is 0.808. The van der Waals surface area contributed by atoms with E-state index in [1.165, 1.54) is 44.6 Å². The molecule has 3 fully saturated rings.